The molecule has 0 radical (unpaired) electrons. The van der Waals surface area contributed by atoms with Gasteiger partial charge in [-0.15, -0.1) is 0 Å². The molecule has 0 unspecified atom stereocenters. The van der Waals surface area contributed by atoms with Gasteiger partial charge < -0.3 is 10.7 Å². The zero-order valence-corrected chi connectivity index (χ0v) is 10.9. The molecule has 3 nitrogen and oxygen atoms in total. The fourth-order valence-electron chi connectivity index (χ4n) is 2.34. The summed E-state index contributed by atoms with van der Waals surface area (Å²) in [4.78, 5) is 15.5. The third-order valence-electron chi connectivity index (χ3n) is 3.47. The maximum Gasteiger partial charge on any atom is 0.197 e. The average molecular weight is 268 g/mol. The number of para-hydroxylation sites is 1. The molecule has 4 heteroatoms. The molecular formula is C16H13FN2O. The van der Waals surface area contributed by atoms with E-state index in [9.17, 15) is 9.18 Å². The van der Waals surface area contributed by atoms with E-state index in [4.69, 9.17) is 5.73 Å². The van der Waals surface area contributed by atoms with Gasteiger partial charge in [-0.3, -0.25) is 4.79 Å². The number of benzene rings is 2. The number of carbonyl (C=O) groups excluding carboxylic acids is 1. The monoisotopic (exact) mass is 268 g/mol. The van der Waals surface area contributed by atoms with Crippen LogP contribution in [0.4, 0.5) is 10.1 Å². The van der Waals surface area contributed by atoms with Crippen molar-refractivity contribution >= 4 is 22.4 Å². The van der Waals surface area contributed by atoms with Crippen LogP contribution < -0.4 is 5.73 Å². The summed E-state index contributed by atoms with van der Waals surface area (Å²) in [5.74, 6) is -0.694. The lowest BCUT2D eigenvalue weighted by Crippen LogP contribution is -2.06. The second-order valence-corrected chi connectivity index (χ2v) is 4.73. The number of hydrogen-bond donors (Lipinski definition) is 2. The van der Waals surface area contributed by atoms with E-state index >= 15 is 0 Å². The summed E-state index contributed by atoms with van der Waals surface area (Å²) >= 11 is 0. The van der Waals surface area contributed by atoms with Crippen LogP contribution in [0.3, 0.4) is 0 Å². The Morgan fingerprint density at radius 1 is 1.15 bits per heavy atom. The average Bonchev–Trinajstić information content (AvgIpc) is 2.86. The van der Waals surface area contributed by atoms with Gasteiger partial charge in [0.1, 0.15) is 5.82 Å². The van der Waals surface area contributed by atoms with Gasteiger partial charge in [-0.2, -0.15) is 0 Å². The van der Waals surface area contributed by atoms with Gasteiger partial charge >= 0.3 is 0 Å². The second kappa shape index (κ2) is 4.49. The predicted molar refractivity (Wildman–Crippen MR) is 77.3 cm³/mol. The van der Waals surface area contributed by atoms with Crippen LogP contribution in [-0.2, 0) is 0 Å². The van der Waals surface area contributed by atoms with E-state index in [1.165, 1.54) is 12.3 Å². The molecule has 1 aromatic heterocycles. The highest BCUT2D eigenvalue weighted by Gasteiger charge is 2.19. The van der Waals surface area contributed by atoms with Crippen molar-refractivity contribution in [2.75, 3.05) is 5.73 Å². The molecule has 0 aliphatic heterocycles. The smallest absolute Gasteiger partial charge is 0.197 e. The first-order chi connectivity index (χ1) is 9.59. The van der Waals surface area contributed by atoms with Crippen LogP contribution >= 0.6 is 0 Å². The standard InChI is InChI=1S/C16H13FN2O/c1-9-4-2-5-10(15(9)18)16(20)11-8-19-13-7-3-6-12(17)14(11)13/h2-8,19H,18H2,1H3. The Morgan fingerprint density at radius 3 is 2.70 bits per heavy atom. The van der Waals surface area contributed by atoms with Crippen LogP contribution in [0.25, 0.3) is 10.9 Å². The first-order valence-corrected chi connectivity index (χ1v) is 6.25. The van der Waals surface area contributed by atoms with E-state index in [2.05, 4.69) is 4.98 Å². The summed E-state index contributed by atoms with van der Waals surface area (Å²) < 4.78 is 13.9. The molecule has 0 aliphatic carbocycles. The maximum absolute atomic E-state index is 13.9. The van der Waals surface area contributed by atoms with Crippen molar-refractivity contribution < 1.29 is 9.18 Å². The summed E-state index contributed by atoms with van der Waals surface area (Å²) in [6.07, 6.45) is 1.53. The number of hydrogen-bond acceptors (Lipinski definition) is 2. The van der Waals surface area contributed by atoms with Crippen molar-refractivity contribution in [2.24, 2.45) is 0 Å². The first kappa shape index (κ1) is 12.4. The summed E-state index contributed by atoms with van der Waals surface area (Å²) in [6.45, 7) is 1.84. The Hall–Kier alpha value is -2.62. The second-order valence-electron chi connectivity index (χ2n) is 4.73. The molecule has 0 saturated carbocycles. The van der Waals surface area contributed by atoms with Crippen molar-refractivity contribution in [2.45, 2.75) is 6.92 Å². The number of ketones is 1. The molecule has 20 heavy (non-hydrogen) atoms. The number of nitrogens with two attached hydrogens (primary N) is 1. The molecule has 0 amide bonds. The third kappa shape index (κ3) is 1.77. The third-order valence-corrected chi connectivity index (χ3v) is 3.47. The van der Waals surface area contributed by atoms with Gasteiger partial charge in [0.2, 0.25) is 0 Å². The van der Waals surface area contributed by atoms with Crippen LogP contribution in [0.15, 0.2) is 42.6 Å². The number of nitrogen functional groups attached to an aromatic ring is 1. The Morgan fingerprint density at radius 2 is 1.90 bits per heavy atom. The minimum atomic E-state index is -0.418. The fraction of sp³-hybridized carbons (Fsp3) is 0.0625. The number of fused-ring (bicyclic) bond motifs is 1. The van der Waals surface area contributed by atoms with Crippen LogP contribution in [0.2, 0.25) is 0 Å². The molecule has 0 aliphatic rings. The van der Waals surface area contributed by atoms with Gasteiger partial charge in [0.05, 0.1) is 5.56 Å². The highest BCUT2D eigenvalue weighted by molar-refractivity contribution is 6.18. The zero-order chi connectivity index (χ0) is 14.3. The van der Waals surface area contributed by atoms with E-state index in [0.717, 1.165) is 5.56 Å². The van der Waals surface area contributed by atoms with E-state index in [-0.39, 0.29) is 5.78 Å². The Bertz CT molecular complexity index is 820. The quantitative estimate of drug-likeness (QED) is 0.552. The normalized spacial score (nSPS) is 10.9. The topological polar surface area (TPSA) is 58.9 Å². The molecule has 3 aromatic rings. The van der Waals surface area contributed by atoms with Gasteiger partial charge in [-0.1, -0.05) is 18.2 Å². The van der Waals surface area contributed by atoms with E-state index in [1.54, 1.807) is 24.3 Å². The van der Waals surface area contributed by atoms with Crippen molar-refractivity contribution in [3.63, 3.8) is 0 Å². The Balaban J connectivity index is 2.21. The molecule has 0 atom stereocenters. The minimum absolute atomic E-state index is 0.275. The Kier molecular flexibility index (Phi) is 2.79. The molecule has 100 valence electrons. The lowest BCUT2D eigenvalue weighted by atomic mass is 9.99. The first-order valence-electron chi connectivity index (χ1n) is 6.25. The van der Waals surface area contributed by atoms with Crippen LogP contribution in [0, 0.1) is 12.7 Å². The summed E-state index contributed by atoms with van der Waals surface area (Å²) in [6, 6.07) is 9.93. The molecular weight excluding hydrogens is 255 g/mol. The number of aryl methyl sites for hydroxylation is 1. The maximum atomic E-state index is 13.9. The van der Waals surface area contributed by atoms with Crippen molar-refractivity contribution in [3.8, 4) is 0 Å². The number of rotatable bonds is 2. The van der Waals surface area contributed by atoms with E-state index in [1.807, 2.05) is 13.0 Å². The summed E-state index contributed by atoms with van der Waals surface area (Å²) in [5.41, 5.74) is 8.51. The Labute approximate surface area is 115 Å². The predicted octanol–water partition coefficient (Wildman–Crippen LogP) is 3.43. The molecule has 1 heterocycles. The molecule has 3 N–H and O–H groups in total. The fourth-order valence-corrected chi connectivity index (χ4v) is 2.34. The highest BCUT2D eigenvalue weighted by atomic mass is 19.1. The van der Waals surface area contributed by atoms with Crippen LogP contribution in [0.5, 0.6) is 0 Å². The number of halogens is 1. The number of aromatic nitrogens is 1. The summed E-state index contributed by atoms with van der Waals surface area (Å²) in [7, 11) is 0. The minimum Gasteiger partial charge on any atom is -0.398 e. The van der Waals surface area contributed by atoms with Gasteiger partial charge in [-0.25, -0.2) is 4.39 Å². The SMILES string of the molecule is Cc1cccc(C(=O)c2c[nH]c3cccc(F)c23)c1N. The largest absolute Gasteiger partial charge is 0.398 e. The van der Waals surface area contributed by atoms with Crippen molar-refractivity contribution in [3.05, 3.63) is 65.1 Å². The molecule has 0 fully saturated rings. The zero-order valence-electron chi connectivity index (χ0n) is 10.9. The van der Waals surface area contributed by atoms with E-state index in [0.29, 0.717) is 27.7 Å². The van der Waals surface area contributed by atoms with Gasteiger partial charge in [0.25, 0.3) is 0 Å². The van der Waals surface area contributed by atoms with Crippen molar-refractivity contribution in [1.82, 2.24) is 4.98 Å². The molecule has 0 bridgehead atoms. The number of H-pyrrole nitrogens is 1. The molecule has 2 aromatic carbocycles. The van der Waals surface area contributed by atoms with Crippen molar-refractivity contribution in [1.29, 1.82) is 0 Å². The van der Waals surface area contributed by atoms with Gasteiger partial charge in [-0.05, 0) is 30.7 Å². The lowest BCUT2D eigenvalue weighted by molar-refractivity contribution is 0.104. The van der Waals surface area contributed by atoms with Crippen LogP contribution in [0.1, 0.15) is 21.5 Å². The van der Waals surface area contributed by atoms with Crippen LogP contribution in [-0.4, -0.2) is 10.8 Å². The van der Waals surface area contributed by atoms with E-state index < -0.39 is 5.82 Å². The highest BCUT2D eigenvalue weighted by Crippen LogP contribution is 2.26. The lowest BCUT2D eigenvalue weighted by Gasteiger charge is -2.06. The number of carbonyl (C=O) groups is 1. The summed E-state index contributed by atoms with van der Waals surface area (Å²) in [5, 5.41) is 0.304. The number of aromatic amines is 1. The number of anilines is 1. The molecule has 0 spiro atoms. The molecule has 3 rings (SSSR count). The van der Waals surface area contributed by atoms with Gasteiger partial charge in [0.15, 0.2) is 5.78 Å². The molecule has 0 saturated heterocycles. The number of nitrogens with one attached hydrogen (secondary N) is 1. The van der Waals surface area contributed by atoms with Gasteiger partial charge in [0, 0.05) is 28.4 Å².